The van der Waals surface area contributed by atoms with Crippen LogP contribution in [0.2, 0.25) is 0 Å². The lowest BCUT2D eigenvalue weighted by molar-refractivity contribution is 0.105. The first-order chi connectivity index (χ1) is 6.27. The maximum absolute atomic E-state index is 5.71. The van der Waals surface area contributed by atoms with Crippen LogP contribution in [0.15, 0.2) is 0 Å². The van der Waals surface area contributed by atoms with Crippen molar-refractivity contribution in [3.8, 4) is 0 Å². The Balaban J connectivity index is 2.22. The lowest BCUT2D eigenvalue weighted by atomic mass is 10.2. The van der Waals surface area contributed by atoms with Crippen LogP contribution >= 0.6 is 11.6 Å². The van der Waals surface area contributed by atoms with Crippen molar-refractivity contribution in [2.24, 2.45) is 0 Å². The summed E-state index contributed by atoms with van der Waals surface area (Å²) in [5.41, 5.74) is 0. The van der Waals surface area contributed by atoms with Gasteiger partial charge in [0, 0.05) is 44.6 Å². The summed E-state index contributed by atoms with van der Waals surface area (Å²) in [7, 11) is 0. The molecule has 0 spiro atoms. The van der Waals surface area contributed by atoms with Crippen LogP contribution in [0.3, 0.4) is 0 Å². The van der Waals surface area contributed by atoms with E-state index in [4.69, 9.17) is 11.6 Å². The molecule has 1 aliphatic rings. The monoisotopic (exact) mass is 204 g/mol. The number of nitrogens with zero attached hydrogens (tertiary/aromatic N) is 2. The highest BCUT2D eigenvalue weighted by atomic mass is 35.5. The molecule has 0 radical (unpaired) electrons. The molecule has 0 aromatic heterocycles. The van der Waals surface area contributed by atoms with E-state index in [-0.39, 0.29) is 0 Å². The van der Waals surface area contributed by atoms with Crippen LogP contribution in [0.5, 0.6) is 0 Å². The lowest BCUT2D eigenvalue weighted by Crippen LogP contribution is -2.49. The number of alkyl halides is 1. The van der Waals surface area contributed by atoms with Gasteiger partial charge in [0.15, 0.2) is 0 Å². The fraction of sp³-hybridized carbons (Fsp3) is 1.00. The van der Waals surface area contributed by atoms with Crippen molar-refractivity contribution in [3.05, 3.63) is 0 Å². The van der Waals surface area contributed by atoms with Crippen LogP contribution in [0, 0.1) is 0 Å². The maximum atomic E-state index is 5.71. The van der Waals surface area contributed by atoms with E-state index in [0.717, 1.165) is 18.5 Å². The van der Waals surface area contributed by atoms with E-state index in [1.807, 2.05) is 0 Å². The summed E-state index contributed by atoms with van der Waals surface area (Å²) in [5, 5.41) is 0. The van der Waals surface area contributed by atoms with E-state index in [1.165, 1.54) is 32.6 Å². The standard InChI is InChI=1S/C10H21ClN2/c1-3-10(2)13-8-6-12(5-4-11)7-9-13/h10H,3-9H2,1-2H3/t10-/m1/s1. The molecule has 1 atom stereocenters. The Hall–Kier alpha value is 0.210. The van der Waals surface area contributed by atoms with E-state index >= 15 is 0 Å². The van der Waals surface area contributed by atoms with Gasteiger partial charge in [0.1, 0.15) is 0 Å². The zero-order chi connectivity index (χ0) is 9.68. The molecule has 0 unspecified atom stereocenters. The summed E-state index contributed by atoms with van der Waals surface area (Å²) in [6, 6.07) is 0.748. The molecular weight excluding hydrogens is 184 g/mol. The van der Waals surface area contributed by atoms with Gasteiger partial charge in [0.2, 0.25) is 0 Å². The van der Waals surface area contributed by atoms with Crippen LogP contribution in [0.4, 0.5) is 0 Å². The van der Waals surface area contributed by atoms with E-state index in [2.05, 4.69) is 23.6 Å². The summed E-state index contributed by atoms with van der Waals surface area (Å²) in [5.74, 6) is 0.767. The van der Waals surface area contributed by atoms with Crippen molar-refractivity contribution >= 4 is 11.6 Å². The highest BCUT2D eigenvalue weighted by Crippen LogP contribution is 2.08. The fourth-order valence-electron chi connectivity index (χ4n) is 1.81. The molecule has 78 valence electrons. The number of halogens is 1. The van der Waals surface area contributed by atoms with Gasteiger partial charge in [-0.3, -0.25) is 9.80 Å². The fourth-order valence-corrected chi connectivity index (χ4v) is 2.04. The molecule has 0 aliphatic carbocycles. The molecule has 1 saturated heterocycles. The van der Waals surface area contributed by atoms with Gasteiger partial charge in [-0.2, -0.15) is 0 Å². The van der Waals surface area contributed by atoms with Crippen LogP contribution < -0.4 is 0 Å². The third-order valence-corrected chi connectivity index (χ3v) is 3.19. The predicted octanol–water partition coefficient (Wildman–Crippen LogP) is 1.64. The van der Waals surface area contributed by atoms with Crippen molar-refractivity contribution in [1.82, 2.24) is 9.80 Å². The first-order valence-corrected chi connectivity index (χ1v) is 5.83. The van der Waals surface area contributed by atoms with Crippen molar-refractivity contribution in [3.63, 3.8) is 0 Å². The minimum Gasteiger partial charge on any atom is -0.300 e. The molecule has 0 aromatic rings. The smallest absolute Gasteiger partial charge is 0.0351 e. The molecule has 1 fully saturated rings. The predicted molar refractivity (Wildman–Crippen MR) is 58.5 cm³/mol. The molecule has 13 heavy (non-hydrogen) atoms. The number of hydrogen-bond acceptors (Lipinski definition) is 2. The van der Waals surface area contributed by atoms with Gasteiger partial charge in [-0.15, -0.1) is 11.6 Å². The second-order valence-corrected chi connectivity index (χ2v) is 4.20. The molecule has 0 saturated carbocycles. The molecule has 0 aromatic carbocycles. The third kappa shape index (κ3) is 3.45. The topological polar surface area (TPSA) is 6.48 Å². The summed E-state index contributed by atoms with van der Waals surface area (Å²) in [4.78, 5) is 5.02. The maximum Gasteiger partial charge on any atom is 0.0351 e. The van der Waals surface area contributed by atoms with Gasteiger partial charge in [-0.05, 0) is 13.3 Å². The van der Waals surface area contributed by atoms with Crippen LogP contribution in [-0.4, -0.2) is 54.4 Å². The molecular formula is C10H21ClN2. The van der Waals surface area contributed by atoms with E-state index in [1.54, 1.807) is 0 Å². The summed E-state index contributed by atoms with van der Waals surface area (Å²) < 4.78 is 0. The number of hydrogen-bond donors (Lipinski definition) is 0. The van der Waals surface area contributed by atoms with E-state index in [0.29, 0.717) is 0 Å². The van der Waals surface area contributed by atoms with E-state index < -0.39 is 0 Å². The van der Waals surface area contributed by atoms with Gasteiger partial charge in [0.05, 0.1) is 0 Å². The number of rotatable bonds is 4. The number of piperazine rings is 1. The average Bonchev–Trinajstić information content (AvgIpc) is 2.18. The molecule has 1 heterocycles. The zero-order valence-electron chi connectivity index (χ0n) is 8.80. The highest BCUT2D eigenvalue weighted by Gasteiger charge is 2.18. The summed E-state index contributed by atoms with van der Waals surface area (Å²) in [6.45, 7) is 10.4. The van der Waals surface area contributed by atoms with Gasteiger partial charge < -0.3 is 0 Å². The zero-order valence-corrected chi connectivity index (χ0v) is 9.56. The SMILES string of the molecule is CC[C@@H](C)N1CCN(CCCl)CC1. The molecule has 0 amide bonds. The highest BCUT2D eigenvalue weighted by molar-refractivity contribution is 6.18. The Bertz CT molecular complexity index is 133. The minimum atomic E-state index is 0.748. The van der Waals surface area contributed by atoms with Crippen molar-refractivity contribution in [2.45, 2.75) is 26.3 Å². The Morgan fingerprint density at radius 3 is 2.31 bits per heavy atom. The first kappa shape index (κ1) is 11.3. The van der Waals surface area contributed by atoms with Crippen molar-refractivity contribution < 1.29 is 0 Å². The summed E-state index contributed by atoms with van der Waals surface area (Å²) in [6.07, 6.45) is 1.26. The van der Waals surface area contributed by atoms with E-state index in [9.17, 15) is 0 Å². The Labute approximate surface area is 86.8 Å². The van der Waals surface area contributed by atoms with Gasteiger partial charge in [-0.1, -0.05) is 6.92 Å². The largest absolute Gasteiger partial charge is 0.300 e. The normalized spacial score (nSPS) is 23.3. The molecule has 1 rings (SSSR count). The molecule has 0 N–H and O–H groups in total. The minimum absolute atomic E-state index is 0.748. The second-order valence-electron chi connectivity index (χ2n) is 3.82. The van der Waals surface area contributed by atoms with Crippen LogP contribution in [0.1, 0.15) is 20.3 Å². The van der Waals surface area contributed by atoms with Gasteiger partial charge in [0.25, 0.3) is 0 Å². The average molecular weight is 205 g/mol. The molecule has 3 heteroatoms. The van der Waals surface area contributed by atoms with Crippen molar-refractivity contribution in [2.75, 3.05) is 38.6 Å². The Morgan fingerprint density at radius 2 is 1.85 bits per heavy atom. The summed E-state index contributed by atoms with van der Waals surface area (Å²) >= 11 is 5.71. The molecule has 0 bridgehead atoms. The van der Waals surface area contributed by atoms with Gasteiger partial charge in [-0.25, -0.2) is 0 Å². The van der Waals surface area contributed by atoms with Crippen molar-refractivity contribution in [1.29, 1.82) is 0 Å². The Morgan fingerprint density at radius 1 is 1.23 bits per heavy atom. The second kappa shape index (κ2) is 5.84. The quantitative estimate of drug-likeness (QED) is 0.643. The van der Waals surface area contributed by atoms with Gasteiger partial charge >= 0.3 is 0 Å². The molecule has 2 nitrogen and oxygen atoms in total. The Kier molecular flexibility index (Phi) is 5.07. The van der Waals surface area contributed by atoms with Crippen LogP contribution in [-0.2, 0) is 0 Å². The van der Waals surface area contributed by atoms with Crippen LogP contribution in [0.25, 0.3) is 0 Å². The first-order valence-electron chi connectivity index (χ1n) is 5.30. The lowest BCUT2D eigenvalue weighted by Gasteiger charge is -2.37. The molecule has 1 aliphatic heterocycles. The third-order valence-electron chi connectivity index (χ3n) is 3.02.